The van der Waals surface area contributed by atoms with Crippen molar-refractivity contribution in [2.24, 2.45) is 0 Å². The van der Waals surface area contributed by atoms with Gasteiger partial charge in [-0.25, -0.2) is 9.97 Å². The molecule has 0 amide bonds. The van der Waals surface area contributed by atoms with Gasteiger partial charge >= 0.3 is 0 Å². The summed E-state index contributed by atoms with van der Waals surface area (Å²) in [6.07, 6.45) is 0. The molecule has 4 heteroatoms. The zero-order valence-electron chi connectivity index (χ0n) is 28.0. The van der Waals surface area contributed by atoms with Crippen molar-refractivity contribution in [1.29, 1.82) is 0 Å². The number of benzene rings is 8. The van der Waals surface area contributed by atoms with Gasteiger partial charge in [0.25, 0.3) is 0 Å². The van der Waals surface area contributed by atoms with E-state index >= 15 is 0 Å². The Morgan fingerprint density at radius 2 is 1.15 bits per heavy atom. The Balaban J connectivity index is 1.19. The van der Waals surface area contributed by atoms with Crippen molar-refractivity contribution in [3.8, 4) is 39.5 Å². The highest BCUT2D eigenvalue weighted by Gasteiger charge is 2.22. The fourth-order valence-corrected chi connectivity index (χ4v) is 8.06. The monoisotopic (exact) mass is 663 g/mol. The molecule has 0 aliphatic carbocycles. The number of hydrogen-bond acceptors (Lipinski definition) is 3. The maximum absolute atomic E-state index is 6.88. The van der Waals surface area contributed by atoms with Gasteiger partial charge in [-0.2, -0.15) is 0 Å². The van der Waals surface area contributed by atoms with Crippen molar-refractivity contribution in [3.05, 3.63) is 176 Å². The van der Waals surface area contributed by atoms with Crippen LogP contribution in [-0.2, 0) is 0 Å². The fourth-order valence-electron chi connectivity index (χ4n) is 8.06. The van der Waals surface area contributed by atoms with Crippen molar-refractivity contribution in [2.75, 3.05) is 0 Å². The molecule has 0 unspecified atom stereocenters. The largest absolute Gasteiger partial charge is 0.455 e. The molecule has 11 rings (SSSR count). The SMILES string of the molecule is c1ccc(-c2cccc(-n3c4ccccc4c4c5oc6cccc(-c7nc(-c8ccccc8)c8ccc9ccccc9c8n7)c6c5ccc43)c2)cc1. The Hall–Kier alpha value is -7.04. The van der Waals surface area contributed by atoms with E-state index in [1.807, 2.05) is 6.07 Å². The normalized spacial score (nSPS) is 11.8. The molecule has 0 radical (unpaired) electrons. The van der Waals surface area contributed by atoms with Crippen molar-refractivity contribution in [2.45, 2.75) is 0 Å². The minimum Gasteiger partial charge on any atom is -0.455 e. The second kappa shape index (κ2) is 11.2. The fraction of sp³-hybridized carbons (Fsp3) is 0. The average molecular weight is 664 g/mol. The third-order valence-electron chi connectivity index (χ3n) is 10.4. The highest BCUT2D eigenvalue weighted by molar-refractivity contribution is 6.25. The number of furan rings is 1. The molecule has 0 aliphatic heterocycles. The van der Waals surface area contributed by atoms with Crippen LogP contribution in [0.3, 0.4) is 0 Å². The first-order chi connectivity index (χ1) is 25.8. The van der Waals surface area contributed by atoms with Crippen LogP contribution < -0.4 is 0 Å². The third kappa shape index (κ3) is 4.28. The van der Waals surface area contributed by atoms with Crippen molar-refractivity contribution in [3.63, 3.8) is 0 Å². The van der Waals surface area contributed by atoms with Gasteiger partial charge in [0.1, 0.15) is 11.2 Å². The lowest BCUT2D eigenvalue weighted by molar-refractivity contribution is 0.673. The summed E-state index contributed by atoms with van der Waals surface area (Å²) in [6.45, 7) is 0. The van der Waals surface area contributed by atoms with Gasteiger partial charge in [0.2, 0.25) is 0 Å². The molecule has 4 nitrogen and oxygen atoms in total. The number of para-hydroxylation sites is 1. The number of fused-ring (bicyclic) bond motifs is 10. The lowest BCUT2D eigenvalue weighted by atomic mass is 10.00. The minimum atomic E-state index is 0.677. The molecule has 0 saturated carbocycles. The third-order valence-corrected chi connectivity index (χ3v) is 10.4. The summed E-state index contributed by atoms with van der Waals surface area (Å²) in [7, 11) is 0. The zero-order valence-corrected chi connectivity index (χ0v) is 28.0. The number of aromatic nitrogens is 3. The first-order valence-electron chi connectivity index (χ1n) is 17.6. The molecule has 11 aromatic rings. The standard InChI is InChI=1S/C48H29N3O/c1-3-13-30(14-4-1)33-18-11-19-34(29-33)51-40-23-10-9-21-36(40)44-41(51)28-27-37-43-38(22-12-24-42(43)52-47(37)44)48-49-45(32-16-5-2-6-17-32)39-26-25-31-15-7-8-20-35(31)46(39)50-48/h1-29H. The number of rotatable bonds is 4. The van der Waals surface area contributed by atoms with E-state index < -0.39 is 0 Å². The summed E-state index contributed by atoms with van der Waals surface area (Å²) in [5, 5.41) is 7.59. The average Bonchev–Trinajstić information content (AvgIpc) is 3.77. The van der Waals surface area contributed by atoms with Crippen molar-refractivity contribution >= 4 is 65.4 Å². The lowest BCUT2D eigenvalue weighted by Gasteiger charge is -2.12. The summed E-state index contributed by atoms with van der Waals surface area (Å²) in [4.78, 5) is 10.6. The molecular formula is C48H29N3O. The van der Waals surface area contributed by atoms with E-state index in [2.05, 4.69) is 174 Å². The molecule has 0 N–H and O–H groups in total. The van der Waals surface area contributed by atoms with E-state index in [-0.39, 0.29) is 0 Å². The zero-order chi connectivity index (χ0) is 34.2. The van der Waals surface area contributed by atoms with E-state index in [0.717, 1.165) is 87.9 Å². The molecule has 0 bridgehead atoms. The summed E-state index contributed by atoms with van der Waals surface area (Å²) in [5.74, 6) is 0.677. The van der Waals surface area contributed by atoms with Crippen LogP contribution >= 0.6 is 0 Å². The van der Waals surface area contributed by atoms with Gasteiger partial charge < -0.3 is 8.98 Å². The second-order valence-corrected chi connectivity index (χ2v) is 13.3. The molecule has 0 fully saturated rings. The van der Waals surface area contributed by atoms with Gasteiger partial charge in [-0.1, -0.05) is 133 Å². The smallest absolute Gasteiger partial charge is 0.161 e. The van der Waals surface area contributed by atoms with Gasteiger partial charge in [-0.15, -0.1) is 0 Å². The maximum atomic E-state index is 6.88. The first-order valence-corrected chi connectivity index (χ1v) is 17.6. The highest BCUT2D eigenvalue weighted by atomic mass is 16.3. The molecule has 3 aromatic heterocycles. The van der Waals surface area contributed by atoms with Crippen LogP contribution in [0.15, 0.2) is 180 Å². The van der Waals surface area contributed by atoms with E-state index in [4.69, 9.17) is 14.4 Å². The molecule has 8 aromatic carbocycles. The Labute approximate surface area is 298 Å². The summed E-state index contributed by atoms with van der Waals surface area (Å²) >= 11 is 0. The van der Waals surface area contributed by atoms with E-state index in [0.29, 0.717) is 5.82 Å². The molecular weight excluding hydrogens is 635 g/mol. The lowest BCUT2D eigenvalue weighted by Crippen LogP contribution is -1.96. The first kappa shape index (κ1) is 28.8. The Bertz CT molecular complexity index is 3180. The Kier molecular flexibility index (Phi) is 6.22. The van der Waals surface area contributed by atoms with Gasteiger partial charge in [0.15, 0.2) is 5.82 Å². The molecule has 0 aliphatic rings. The van der Waals surface area contributed by atoms with Gasteiger partial charge in [-0.05, 0) is 59.0 Å². The van der Waals surface area contributed by atoms with Gasteiger partial charge in [0, 0.05) is 43.7 Å². The summed E-state index contributed by atoms with van der Waals surface area (Å²) in [5.41, 5.74) is 11.2. The van der Waals surface area contributed by atoms with Crippen LogP contribution in [0.4, 0.5) is 0 Å². The molecule has 0 spiro atoms. The van der Waals surface area contributed by atoms with Crippen LogP contribution in [0, 0.1) is 0 Å². The molecule has 3 heterocycles. The molecule has 0 atom stereocenters. The minimum absolute atomic E-state index is 0.677. The quantitative estimate of drug-likeness (QED) is 0.176. The van der Waals surface area contributed by atoms with Gasteiger partial charge in [-0.3, -0.25) is 0 Å². The number of nitrogens with zero attached hydrogens (tertiary/aromatic N) is 3. The predicted octanol–water partition coefficient (Wildman–Crippen LogP) is 12.8. The molecule has 0 saturated heterocycles. The van der Waals surface area contributed by atoms with Crippen LogP contribution in [0.1, 0.15) is 0 Å². The predicted molar refractivity (Wildman–Crippen MR) is 215 cm³/mol. The van der Waals surface area contributed by atoms with E-state index in [1.165, 1.54) is 11.1 Å². The molecule has 242 valence electrons. The Morgan fingerprint density at radius 3 is 2.02 bits per heavy atom. The van der Waals surface area contributed by atoms with Gasteiger partial charge in [0.05, 0.1) is 27.6 Å². The van der Waals surface area contributed by atoms with Crippen LogP contribution in [0.25, 0.3) is 105 Å². The second-order valence-electron chi connectivity index (χ2n) is 13.3. The van der Waals surface area contributed by atoms with Crippen molar-refractivity contribution < 1.29 is 4.42 Å². The molecule has 52 heavy (non-hydrogen) atoms. The summed E-state index contributed by atoms with van der Waals surface area (Å²) < 4.78 is 9.24. The van der Waals surface area contributed by atoms with Crippen LogP contribution in [-0.4, -0.2) is 14.5 Å². The maximum Gasteiger partial charge on any atom is 0.161 e. The van der Waals surface area contributed by atoms with E-state index in [9.17, 15) is 0 Å². The van der Waals surface area contributed by atoms with Crippen LogP contribution in [0.2, 0.25) is 0 Å². The topological polar surface area (TPSA) is 43.9 Å². The highest BCUT2D eigenvalue weighted by Crippen LogP contribution is 2.44. The van der Waals surface area contributed by atoms with E-state index in [1.54, 1.807) is 0 Å². The number of hydrogen-bond donors (Lipinski definition) is 0. The Morgan fingerprint density at radius 1 is 0.442 bits per heavy atom. The van der Waals surface area contributed by atoms with Crippen molar-refractivity contribution in [1.82, 2.24) is 14.5 Å². The summed E-state index contributed by atoms with van der Waals surface area (Å²) in [6, 6.07) is 61.8. The van der Waals surface area contributed by atoms with Crippen LogP contribution in [0.5, 0.6) is 0 Å².